The lowest BCUT2D eigenvalue weighted by molar-refractivity contribution is 0.0528. The first-order valence-corrected chi connectivity index (χ1v) is 7.60. The highest BCUT2D eigenvalue weighted by molar-refractivity contribution is 5.68. The molecule has 0 saturated heterocycles. The van der Waals surface area contributed by atoms with Crippen LogP contribution in [0.4, 0.5) is 4.79 Å². The molecule has 0 radical (unpaired) electrons. The third-order valence-electron chi connectivity index (χ3n) is 3.00. The van der Waals surface area contributed by atoms with Crippen molar-refractivity contribution >= 4 is 11.7 Å². The number of carbonyl (C=O) groups is 1. The smallest absolute Gasteiger partial charge is 0.407 e. The average molecular weight is 305 g/mol. The summed E-state index contributed by atoms with van der Waals surface area (Å²) in [5, 5.41) is 12.2. The van der Waals surface area contributed by atoms with Crippen molar-refractivity contribution in [3.8, 4) is 0 Å². The molecule has 4 heteroatoms. The SMILES string of the molecule is C/C(=C\[C@H](C)O)c1ccccc1CCNC(=O)OC(C)(C)C. The number of hydrogen-bond donors (Lipinski definition) is 2. The summed E-state index contributed by atoms with van der Waals surface area (Å²) in [6.07, 6.45) is 1.65. The van der Waals surface area contributed by atoms with Crippen LogP contribution < -0.4 is 5.32 Å². The van der Waals surface area contributed by atoms with E-state index < -0.39 is 17.8 Å². The van der Waals surface area contributed by atoms with E-state index in [1.54, 1.807) is 6.92 Å². The number of allylic oxidation sites excluding steroid dienone is 1. The van der Waals surface area contributed by atoms with Crippen LogP contribution in [0.5, 0.6) is 0 Å². The monoisotopic (exact) mass is 305 g/mol. The molecule has 0 aliphatic rings. The van der Waals surface area contributed by atoms with Crippen molar-refractivity contribution < 1.29 is 14.6 Å². The van der Waals surface area contributed by atoms with Crippen molar-refractivity contribution in [2.24, 2.45) is 0 Å². The molecular formula is C18H27NO3. The van der Waals surface area contributed by atoms with Gasteiger partial charge < -0.3 is 15.2 Å². The number of hydrogen-bond acceptors (Lipinski definition) is 3. The number of benzene rings is 1. The first-order chi connectivity index (χ1) is 10.2. The lowest BCUT2D eigenvalue weighted by Gasteiger charge is -2.19. The van der Waals surface area contributed by atoms with Gasteiger partial charge in [0.25, 0.3) is 0 Å². The summed E-state index contributed by atoms with van der Waals surface area (Å²) in [5.74, 6) is 0. The highest BCUT2D eigenvalue weighted by Crippen LogP contribution is 2.19. The van der Waals surface area contributed by atoms with Gasteiger partial charge >= 0.3 is 6.09 Å². The number of amides is 1. The van der Waals surface area contributed by atoms with Gasteiger partial charge in [-0.3, -0.25) is 0 Å². The van der Waals surface area contributed by atoms with E-state index in [1.165, 1.54) is 0 Å². The minimum atomic E-state index is -0.488. The molecule has 1 rings (SSSR count). The van der Waals surface area contributed by atoms with Gasteiger partial charge in [0.1, 0.15) is 5.60 Å². The van der Waals surface area contributed by atoms with Crippen LogP contribution in [0, 0.1) is 0 Å². The van der Waals surface area contributed by atoms with Crippen molar-refractivity contribution in [3.05, 3.63) is 41.5 Å². The van der Waals surface area contributed by atoms with Crippen molar-refractivity contribution in [2.75, 3.05) is 6.54 Å². The molecule has 0 heterocycles. The fourth-order valence-electron chi connectivity index (χ4n) is 2.19. The molecule has 4 nitrogen and oxygen atoms in total. The maximum Gasteiger partial charge on any atom is 0.407 e. The zero-order valence-electron chi connectivity index (χ0n) is 14.1. The zero-order chi connectivity index (χ0) is 16.8. The lowest BCUT2D eigenvalue weighted by Crippen LogP contribution is -2.33. The van der Waals surface area contributed by atoms with E-state index in [9.17, 15) is 9.90 Å². The summed E-state index contributed by atoms with van der Waals surface area (Å²) in [6, 6.07) is 8.00. The second kappa shape index (κ2) is 7.99. The Kier molecular flexibility index (Phi) is 6.62. The number of aliphatic hydroxyl groups is 1. The third kappa shape index (κ3) is 6.76. The predicted molar refractivity (Wildman–Crippen MR) is 89.7 cm³/mol. The third-order valence-corrected chi connectivity index (χ3v) is 3.00. The van der Waals surface area contributed by atoms with Crippen LogP contribution >= 0.6 is 0 Å². The van der Waals surface area contributed by atoms with Crippen LogP contribution in [-0.2, 0) is 11.2 Å². The van der Waals surface area contributed by atoms with Gasteiger partial charge in [-0.1, -0.05) is 30.3 Å². The Hall–Kier alpha value is -1.81. The first-order valence-electron chi connectivity index (χ1n) is 7.60. The summed E-state index contributed by atoms with van der Waals surface area (Å²) in [4.78, 5) is 11.6. The maximum atomic E-state index is 11.6. The van der Waals surface area contributed by atoms with Gasteiger partial charge in [0.05, 0.1) is 6.10 Å². The highest BCUT2D eigenvalue weighted by Gasteiger charge is 2.15. The Morgan fingerprint density at radius 2 is 2.00 bits per heavy atom. The molecule has 122 valence electrons. The molecule has 0 aliphatic heterocycles. The molecule has 22 heavy (non-hydrogen) atoms. The minimum absolute atomic E-state index is 0.402. The molecule has 0 aliphatic carbocycles. The minimum Gasteiger partial charge on any atom is -0.444 e. The average Bonchev–Trinajstić information content (AvgIpc) is 2.36. The van der Waals surface area contributed by atoms with Gasteiger partial charge in [-0.2, -0.15) is 0 Å². The summed E-state index contributed by atoms with van der Waals surface area (Å²) in [5.41, 5.74) is 2.77. The van der Waals surface area contributed by atoms with Gasteiger partial charge in [0, 0.05) is 6.54 Å². The van der Waals surface area contributed by atoms with Crippen LogP contribution in [0.3, 0.4) is 0 Å². The Labute approximate surface area is 133 Å². The van der Waals surface area contributed by atoms with Crippen LogP contribution in [0.15, 0.2) is 30.3 Å². The molecule has 0 spiro atoms. The molecule has 0 fully saturated rings. The number of aliphatic hydroxyl groups excluding tert-OH is 1. The molecule has 0 bridgehead atoms. The van der Waals surface area contributed by atoms with E-state index in [0.717, 1.165) is 16.7 Å². The van der Waals surface area contributed by atoms with Crippen LogP contribution in [0.2, 0.25) is 0 Å². The van der Waals surface area contributed by atoms with E-state index >= 15 is 0 Å². The van der Waals surface area contributed by atoms with Crippen molar-refractivity contribution in [3.63, 3.8) is 0 Å². The predicted octanol–water partition coefficient (Wildman–Crippen LogP) is 3.54. The van der Waals surface area contributed by atoms with Crippen molar-refractivity contribution in [2.45, 2.75) is 52.7 Å². The Balaban J connectivity index is 2.66. The van der Waals surface area contributed by atoms with Crippen molar-refractivity contribution in [1.82, 2.24) is 5.32 Å². The summed E-state index contributed by atoms with van der Waals surface area (Å²) >= 11 is 0. The quantitative estimate of drug-likeness (QED) is 0.875. The molecule has 0 aromatic heterocycles. The standard InChI is InChI=1S/C18H27NO3/c1-13(12-14(2)20)16-9-7-6-8-15(16)10-11-19-17(21)22-18(3,4)5/h6-9,12,14,20H,10-11H2,1-5H3,(H,19,21)/b13-12+/t14-/m0/s1. The van der Waals surface area contributed by atoms with Crippen LogP contribution in [0.25, 0.3) is 5.57 Å². The number of carbonyl (C=O) groups excluding carboxylic acids is 1. The molecule has 2 N–H and O–H groups in total. The second-order valence-electron chi connectivity index (χ2n) is 6.43. The Morgan fingerprint density at radius 3 is 2.59 bits per heavy atom. The number of rotatable bonds is 5. The fourth-order valence-corrected chi connectivity index (χ4v) is 2.19. The summed E-state index contributed by atoms with van der Waals surface area (Å²) in [6.45, 7) is 9.74. The molecule has 0 saturated carbocycles. The molecular weight excluding hydrogens is 278 g/mol. The van der Waals surface area contributed by atoms with E-state index in [-0.39, 0.29) is 0 Å². The molecule has 1 aromatic carbocycles. The van der Waals surface area contributed by atoms with Gasteiger partial charge in [0.2, 0.25) is 0 Å². The molecule has 0 unspecified atom stereocenters. The number of ether oxygens (including phenoxy) is 1. The molecule has 1 atom stereocenters. The lowest BCUT2D eigenvalue weighted by atomic mass is 9.97. The van der Waals surface area contributed by atoms with Gasteiger partial charge in [-0.25, -0.2) is 4.79 Å². The largest absolute Gasteiger partial charge is 0.444 e. The maximum absolute atomic E-state index is 11.6. The van der Waals surface area contributed by atoms with Crippen LogP contribution in [-0.4, -0.2) is 29.4 Å². The zero-order valence-corrected chi connectivity index (χ0v) is 14.1. The van der Waals surface area contributed by atoms with E-state index in [2.05, 4.69) is 5.32 Å². The van der Waals surface area contributed by atoms with Gasteiger partial charge in [-0.05, 0) is 57.7 Å². The van der Waals surface area contributed by atoms with E-state index in [1.807, 2.05) is 58.0 Å². The first kappa shape index (κ1) is 18.2. The topological polar surface area (TPSA) is 58.6 Å². The van der Waals surface area contributed by atoms with Crippen molar-refractivity contribution in [1.29, 1.82) is 0 Å². The normalized spacial score (nSPS) is 13.6. The molecule has 1 amide bonds. The fraction of sp³-hybridized carbons (Fsp3) is 0.500. The van der Waals surface area contributed by atoms with E-state index in [4.69, 9.17) is 4.74 Å². The number of alkyl carbamates (subject to hydrolysis) is 1. The second-order valence-corrected chi connectivity index (χ2v) is 6.43. The molecule has 1 aromatic rings. The number of nitrogens with one attached hydrogen (secondary N) is 1. The van der Waals surface area contributed by atoms with Crippen LogP contribution in [0.1, 0.15) is 45.7 Å². The van der Waals surface area contributed by atoms with Gasteiger partial charge in [0.15, 0.2) is 0 Å². The van der Waals surface area contributed by atoms with E-state index in [0.29, 0.717) is 13.0 Å². The Morgan fingerprint density at radius 1 is 1.36 bits per heavy atom. The summed E-state index contributed by atoms with van der Waals surface area (Å²) in [7, 11) is 0. The highest BCUT2D eigenvalue weighted by atomic mass is 16.6. The van der Waals surface area contributed by atoms with Gasteiger partial charge in [-0.15, -0.1) is 0 Å². The summed E-state index contributed by atoms with van der Waals surface area (Å²) < 4.78 is 5.21. The Bertz CT molecular complexity index is 527.